The summed E-state index contributed by atoms with van der Waals surface area (Å²) in [5.41, 5.74) is 1.47. The first kappa shape index (κ1) is 18.9. The Bertz CT molecular complexity index is 745. The maximum atomic E-state index is 12.1. The summed E-state index contributed by atoms with van der Waals surface area (Å²) in [5, 5.41) is 13.5. The highest BCUT2D eigenvalue weighted by Crippen LogP contribution is 2.13. The molecule has 6 nitrogen and oxygen atoms in total. The van der Waals surface area contributed by atoms with Gasteiger partial charge in [-0.2, -0.15) is 0 Å². The molecule has 0 radical (unpaired) electrons. The molecule has 2 aromatic rings. The van der Waals surface area contributed by atoms with Crippen LogP contribution in [0.15, 0.2) is 36.4 Å². The fraction of sp³-hybridized carbons (Fsp3) is 0.421. The summed E-state index contributed by atoms with van der Waals surface area (Å²) >= 11 is 0. The van der Waals surface area contributed by atoms with Crippen LogP contribution in [0.5, 0.6) is 0 Å². The SMILES string of the molecule is COC(=O)[C@@H](Cc1ccc2ccccc2n1)NC(=O)[C@@H](O)CC(C)C. The molecule has 0 aliphatic heterocycles. The number of amides is 1. The second kappa shape index (κ2) is 8.58. The summed E-state index contributed by atoms with van der Waals surface area (Å²) in [7, 11) is 1.26. The maximum Gasteiger partial charge on any atom is 0.328 e. The first-order valence-corrected chi connectivity index (χ1v) is 8.31. The van der Waals surface area contributed by atoms with Crippen molar-refractivity contribution in [2.24, 2.45) is 5.92 Å². The molecule has 0 saturated heterocycles. The van der Waals surface area contributed by atoms with E-state index in [-0.39, 0.29) is 12.3 Å². The monoisotopic (exact) mass is 344 g/mol. The largest absolute Gasteiger partial charge is 0.467 e. The Morgan fingerprint density at radius 1 is 1.20 bits per heavy atom. The number of carbonyl (C=O) groups excluding carboxylic acids is 2. The standard InChI is InChI=1S/C19H24N2O4/c1-12(2)10-17(22)18(23)21-16(19(24)25-3)11-14-9-8-13-6-4-5-7-15(13)20-14/h4-9,12,16-17,22H,10-11H2,1-3H3,(H,21,23)/t16-,17+/m1/s1. The number of rotatable bonds is 7. The average molecular weight is 344 g/mol. The fourth-order valence-electron chi connectivity index (χ4n) is 2.59. The van der Waals surface area contributed by atoms with E-state index < -0.39 is 24.0 Å². The first-order valence-electron chi connectivity index (χ1n) is 8.31. The van der Waals surface area contributed by atoms with Crippen LogP contribution < -0.4 is 5.32 Å². The molecule has 1 aromatic heterocycles. The van der Waals surface area contributed by atoms with Gasteiger partial charge in [-0.05, 0) is 24.5 Å². The van der Waals surface area contributed by atoms with Crippen LogP contribution in [-0.2, 0) is 20.7 Å². The summed E-state index contributed by atoms with van der Waals surface area (Å²) in [6.45, 7) is 3.82. The topological polar surface area (TPSA) is 88.5 Å². The molecule has 0 aliphatic carbocycles. The molecule has 1 heterocycles. The van der Waals surface area contributed by atoms with E-state index in [0.717, 1.165) is 10.9 Å². The summed E-state index contributed by atoms with van der Waals surface area (Å²) in [5.74, 6) is -0.982. The smallest absolute Gasteiger partial charge is 0.328 e. The number of methoxy groups -OCH3 is 1. The quantitative estimate of drug-likeness (QED) is 0.748. The van der Waals surface area contributed by atoms with Crippen molar-refractivity contribution < 1.29 is 19.4 Å². The first-order chi connectivity index (χ1) is 11.9. The van der Waals surface area contributed by atoms with Gasteiger partial charge in [-0.25, -0.2) is 4.79 Å². The maximum absolute atomic E-state index is 12.1. The second-order valence-electron chi connectivity index (χ2n) is 6.43. The van der Waals surface area contributed by atoms with E-state index in [1.807, 2.05) is 50.2 Å². The van der Waals surface area contributed by atoms with Crippen LogP contribution in [0, 0.1) is 5.92 Å². The lowest BCUT2D eigenvalue weighted by Crippen LogP contribution is -2.47. The Morgan fingerprint density at radius 2 is 1.92 bits per heavy atom. The third-order valence-corrected chi connectivity index (χ3v) is 3.87. The van der Waals surface area contributed by atoms with Crippen LogP contribution in [0.25, 0.3) is 10.9 Å². The van der Waals surface area contributed by atoms with Crippen molar-refractivity contribution in [2.45, 2.75) is 38.8 Å². The predicted molar refractivity (Wildman–Crippen MR) is 94.9 cm³/mol. The van der Waals surface area contributed by atoms with Crippen molar-refractivity contribution in [1.82, 2.24) is 10.3 Å². The molecule has 1 amide bonds. The molecule has 0 spiro atoms. The summed E-state index contributed by atoms with van der Waals surface area (Å²) in [6, 6.07) is 10.5. The van der Waals surface area contributed by atoms with Crippen molar-refractivity contribution >= 4 is 22.8 Å². The number of ether oxygens (including phenoxy) is 1. The normalized spacial score (nSPS) is 13.5. The highest BCUT2D eigenvalue weighted by molar-refractivity contribution is 5.87. The molecule has 0 fully saturated rings. The van der Waals surface area contributed by atoms with E-state index in [4.69, 9.17) is 4.74 Å². The minimum absolute atomic E-state index is 0.166. The number of aliphatic hydroxyl groups excluding tert-OH is 1. The molecule has 0 unspecified atom stereocenters. The molecule has 2 N–H and O–H groups in total. The van der Waals surface area contributed by atoms with Crippen LogP contribution >= 0.6 is 0 Å². The Labute approximate surface area is 147 Å². The molecule has 25 heavy (non-hydrogen) atoms. The van der Waals surface area contributed by atoms with Crippen molar-refractivity contribution in [3.05, 3.63) is 42.1 Å². The van der Waals surface area contributed by atoms with Gasteiger partial charge in [0.2, 0.25) is 5.91 Å². The summed E-state index contributed by atoms with van der Waals surface area (Å²) in [6.07, 6.45) is -0.636. The van der Waals surface area contributed by atoms with E-state index in [1.54, 1.807) is 0 Å². The van der Waals surface area contributed by atoms with Crippen LogP contribution in [0.3, 0.4) is 0 Å². The number of pyridine rings is 1. The number of fused-ring (bicyclic) bond motifs is 1. The highest BCUT2D eigenvalue weighted by atomic mass is 16.5. The van der Waals surface area contributed by atoms with E-state index in [1.165, 1.54) is 7.11 Å². The number of aliphatic hydroxyl groups is 1. The third kappa shape index (κ3) is 5.26. The lowest BCUT2D eigenvalue weighted by Gasteiger charge is -2.19. The molecule has 6 heteroatoms. The van der Waals surface area contributed by atoms with Crippen LogP contribution in [0.1, 0.15) is 26.0 Å². The highest BCUT2D eigenvalue weighted by Gasteiger charge is 2.26. The number of hydrogen-bond acceptors (Lipinski definition) is 5. The van der Waals surface area contributed by atoms with Crippen LogP contribution in [-0.4, -0.2) is 41.2 Å². The van der Waals surface area contributed by atoms with E-state index in [2.05, 4.69) is 10.3 Å². The number of esters is 1. The van der Waals surface area contributed by atoms with Gasteiger partial charge in [0.05, 0.1) is 12.6 Å². The van der Waals surface area contributed by atoms with Crippen molar-refractivity contribution in [3.8, 4) is 0 Å². The number of aromatic nitrogens is 1. The van der Waals surface area contributed by atoms with Gasteiger partial charge in [0.15, 0.2) is 0 Å². The number of hydrogen-bond donors (Lipinski definition) is 2. The second-order valence-corrected chi connectivity index (χ2v) is 6.43. The van der Waals surface area contributed by atoms with E-state index in [9.17, 15) is 14.7 Å². The number of nitrogens with zero attached hydrogens (tertiary/aromatic N) is 1. The fourth-order valence-corrected chi connectivity index (χ4v) is 2.59. The molecular weight excluding hydrogens is 320 g/mol. The van der Waals surface area contributed by atoms with Crippen molar-refractivity contribution in [1.29, 1.82) is 0 Å². The molecule has 1 aromatic carbocycles. The van der Waals surface area contributed by atoms with Gasteiger partial charge < -0.3 is 15.2 Å². The zero-order valence-electron chi connectivity index (χ0n) is 14.7. The molecular formula is C19H24N2O4. The molecule has 2 atom stereocenters. The average Bonchev–Trinajstić information content (AvgIpc) is 2.59. The third-order valence-electron chi connectivity index (χ3n) is 3.87. The van der Waals surface area contributed by atoms with Crippen LogP contribution in [0.4, 0.5) is 0 Å². The Balaban J connectivity index is 2.13. The van der Waals surface area contributed by atoms with Gasteiger partial charge in [-0.3, -0.25) is 9.78 Å². The predicted octanol–water partition coefficient (Wildman–Crippen LogP) is 1.84. The zero-order valence-corrected chi connectivity index (χ0v) is 14.7. The van der Waals surface area contributed by atoms with Crippen molar-refractivity contribution in [3.63, 3.8) is 0 Å². The number of carbonyl (C=O) groups is 2. The Kier molecular flexibility index (Phi) is 6.47. The van der Waals surface area contributed by atoms with Gasteiger partial charge in [-0.1, -0.05) is 38.1 Å². The lowest BCUT2D eigenvalue weighted by molar-refractivity contribution is -0.146. The Hall–Kier alpha value is -2.47. The molecule has 0 bridgehead atoms. The lowest BCUT2D eigenvalue weighted by atomic mass is 10.0. The summed E-state index contributed by atoms with van der Waals surface area (Å²) in [4.78, 5) is 28.6. The van der Waals surface area contributed by atoms with Crippen molar-refractivity contribution in [2.75, 3.05) is 7.11 Å². The van der Waals surface area contributed by atoms with Gasteiger partial charge in [0.1, 0.15) is 12.1 Å². The summed E-state index contributed by atoms with van der Waals surface area (Å²) < 4.78 is 4.77. The van der Waals surface area contributed by atoms with Gasteiger partial charge in [0.25, 0.3) is 0 Å². The molecule has 2 rings (SSSR count). The van der Waals surface area contributed by atoms with Gasteiger partial charge in [0, 0.05) is 17.5 Å². The molecule has 0 saturated carbocycles. The molecule has 134 valence electrons. The van der Waals surface area contributed by atoms with E-state index >= 15 is 0 Å². The van der Waals surface area contributed by atoms with Gasteiger partial charge >= 0.3 is 5.97 Å². The molecule has 0 aliphatic rings. The number of para-hydroxylation sites is 1. The number of benzene rings is 1. The van der Waals surface area contributed by atoms with Crippen LogP contribution in [0.2, 0.25) is 0 Å². The zero-order chi connectivity index (χ0) is 18.4. The van der Waals surface area contributed by atoms with E-state index in [0.29, 0.717) is 12.1 Å². The Morgan fingerprint density at radius 3 is 2.60 bits per heavy atom. The minimum atomic E-state index is -1.16. The minimum Gasteiger partial charge on any atom is -0.467 e. The number of nitrogens with one attached hydrogen (secondary N) is 1. The van der Waals surface area contributed by atoms with Gasteiger partial charge in [-0.15, -0.1) is 0 Å².